The third kappa shape index (κ3) is 11.7. The van der Waals surface area contributed by atoms with Gasteiger partial charge in [0, 0.05) is 24.3 Å². The Morgan fingerprint density at radius 3 is 2.40 bits per heavy atom. The molecule has 4 heterocycles. The lowest BCUT2D eigenvalue weighted by molar-refractivity contribution is -0.218. The van der Waals surface area contributed by atoms with Crippen LogP contribution in [-0.2, 0) is 45.2 Å². The molecule has 2 atom stereocenters. The second kappa shape index (κ2) is 17.3. The fourth-order valence-electron chi connectivity index (χ4n) is 3.98. The fraction of sp³-hybridized carbons (Fsp3) is 0.385. The molecule has 9 N–H and O–H groups in total. The van der Waals surface area contributed by atoms with E-state index < -0.39 is 70.3 Å². The van der Waals surface area contributed by atoms with Gasteiger partial charge in [0.25, 0.3) is 17.9 Å². The molecule has 2 amide bonds. The van der Waals surface area contributed by atoms with Crippen LogP contribution in [0.25, 0.3) is 0 Å². The Labute approximate surface area is 300 Å². The van der Waals surface area contributed by atoms with E-state index in [4.69, 9.17) is 35.5 Å². The van der Waals surface area contributed by atoms with Crippen molar-refractivity contribution in [3.05, 3.63) is 41.8 Å². The summed E-state index contributed by atoms with van der Waals surface area (Å²) >= 11 is 0.947. The molecule has 0 radical (unpaired) electrons. The van der Waals surface area contributed by atoms with E-state index in [2.05, 4.69) is 35.0 Å². The largest absolute Gasteiger partial charge is 0.490 e. The minimum absolute atomic E-state index is 0.0476. The van der Waals surface area contributed by atoms with Crippen molar-refractivity contribution in [1.29, 1.82) is 0 Å². The van der Waals surface area contributed by atoms with Crippen LogP contribution in [0.3, 0.4) is 0 Å². The number of carbonyl (C=O) groups is 4. The molecule has 53 heavy (non-hydrogen) atoms. The van der Waals surface area contributed by atoms with Crippen molar-refractivity contribution in [1.82, 2.24) is 29.9 Å². The van der Waals surface area contributed by atoms with Gasteiger partial charge >= 0.3 is 28.5 Å². The van der Waals surface area contributed by atoms with Gasteiger partial charge in [-0.1, -0.05) is 5.16 Å². The number of thiazole rings is 1. The van der Waals surface area contributed by atoms with Crippen molar-refractivity contribution >= 4 is 68.1 Å². The van der Waals surface area contributed by atoms with Crippen LogP contribution in [0.5, 0.6) is 5.75 Å². The number of aliphatic carboxylic acids is 2. The summed E-state index contributed by atoms with van der Waals surface area (Å²) in [7, 11) is -5.02. The standard InChI is InChI=1S/C24H30N10O10S2.C2HF3O2/c1-24(2)18(20(36)34(24)44-46(39,40)41)31-19(35)17(14-12-45-22(26)29-14)32-43-15(21(37)38)11-42-13-4-5-16(28-10-13)30-23-27-7-9-33(23)8-3-6-25;3-2(4,5)1(6)7/h4-5,7,9-10,12,15,18H,3,6,8,11,25H2,1-2H3,(H2,26,29)(H,31,35)(H,37,38)(H,27,28,30)(H,39,40,41);(H,6,7)/b32-17-;/t15-,18+;/m0./s1. The summed E-state index contributed by atoms with van der Waals surface area (Å²) in [6.07, 6.45) is -1.26. The Morgan fingerprint density at radius 2 is 1.89 bits per heavy atom. The zero-order valence-electron chi connectivity index (χ0n) is 27.3. The molecule has 1 aliphatic rings. The zero-order chi connectivity index (χ0) is 39.7. The number of carbonyl (C=O) groups excluding carboxylic acids is 2. The second-order valence-corrected chi connectivity index (χ2v) is 12.7. The predicted octanol–water partition coefficient (Wildman–Crippen LogP) is 0.135. The van der Waals surface area contributed by atoms with Gasteiger partial charge in [0.15, 0.2) is 10.8 Å². The number of oxime groups is 1. The van der Waals surface area contributed by atoms with Crippen molar-refractivity contribution in [3.63, 3.8) is 0 Å². The summed E-state index contributed by atoms with van der Waals surface area (Å²) in [6, 6.07) is 1.79. The molecule has 3 aromatic heterocycles. The van der Waals surface area contributed by atoms with Gasteiger partial charge in [0.1, 0.15) is 29.9 Å². The topological polar surface area (TPSA) is 326 Å². The average molecular weight is 797 g/mol. The Balaban J connectivity index is 0.000000980. The highest BCUT2D eigenvalue weighted by Crippen LogP contribution is 2.33. The number of β-lactam (4-membered cyclic amide) rings is 1. The number of aryl methyl sites for hydroxylation is 1. The molecule has 4 rings (SSSR count). The predicted molar refractivity (Wildman–Crippen MR) is 174 cm³/mol. The summed E-state index contributed by atoms with van der Waals surface area (Å²) < 4.78 is 74.5. The number of halogens is 3. The number of hydrogen-bond acceptors (Lipinski definition) is 17. The van der Waals surface area contributed by atoms with Gasteiger partial charge in [-0.15, -0.1) is 15.6 Å². The maximum absolute atomic E-state index is 13.2. The molecule has 27 heteroatoms. The Kier molecular flexibility index (Phi) is 13.6. The number of carboxylic acid groups (broad SMARTS) is 2. The van der Waals surface area contributed by atoms with Crippen LogP contribution in [0.4, 0.5) is 30.1 Å². The van der Waals surface area contributed by atoms with E-state index >= 15 is 0 Å². The monoisotopic (exact) mass is 796 g/mol. The highest BCUT2D eigenvalue weighted by atomic mass is 32.3. The summed E-state index contributed by atoms with van der Waals surface area (Å²) in [5.74, 6) is -5.08. The van der Waals surface area contributed by atoms with E-state index in [-0.39, 0.29) is 16.6 Å². The number of hydroxylamine groups is 2. The lowest BCUT2D eigenvalue weighted by Crippen LogP contribution is -2.76. The number of nitrogens with two attached hydrogens (primary N) is 2. The van der Waals surface area contributed by atoms with Crippen LogP contribution < -0.4 is 26.8 Å². The number of amides is 2. The minimum atomic E-state index is -5.08. The highest BCUT2D eigenvalue weighted by Gasteiger charge is 2.58. The van der Waals surface area contributed by atoms with Crippen molar-refractivity contribution < 1.29 is 69.4 Å². The smallest absolute Gasteiger partial charge is 0.487 e. The number of carboxylic acids is 2. The highest BCUT2D eigenvalue weighted by molar-refractivity contribution is 7.80. The number of ether oxygens (including phenoxy) is 1. The van der Waals surface area contributed by atoms with Crippen LogP contribution in [0, 0.1) is 0 Å². The molecular formula is C26H31F3N10O12S2. The molecule has 1 aliphatic heterocycles. The van der Waals surface area contributed by atoms with E-state index in [0.29, 0.717) is 29.9 Å². The first kappa shape index (κ1) is 41.8. The zero-order valence-corrected chi connectivity index (χ0v) is 28.9. The molecule has 0 bridgehead atoms. The van der Waals surface area contributed by atoms with Crippen LogP contribution in [0.2, 0.25) is 0 Å². The molecule has 0 aromatic carbocycles. The van der Waals surface area contributed by atoms with Gasteiger partial charge in [-0.2, -0.15) is 26.7 Å². The molecule has 0 unspecified atom stereocenters. The normalized spacial score (nSPS) is 16.1. The van der Waals surface area contributed by atoms with E-state index in [1.54, 1.807) is 18.5 Å². The molecule has 1 fully saturated rings. The maximum Gasteiger partial charge on any atom is 0.490 e. The number of pyridine rings is 1. The number of anilines is 3. The maximum atomic E-state index is 13.2. The molecule has 1 saturated heterocycles. The van der Waals surface area contributed by atoms with Crippen LogP contribution in [-0.4, -0.2) is 114 Å². The Hall–Kier alpha value is -5.64. The summed E-state index contributed by atoms with van der Waals surface area (Å²) in [5, 5.41) is 27.7. The van der Waals surface area contributed by atoms with E-state index in [1.807, 2.05) is 4.57 Å². The van der Waals surface area contributed by atoms with Gasteiger partial charge in [-0.3, -0.25) is 14.1 Å². The number of aromatic nitrogens is 4. The molecule has 0 spiro atoms. The van der Waals surface area contributed by atoms with Crippen LogP contribution in [0.1, 0.15) is 26.0 Å². The third-order valence-corrected chi connectivity index (χ3v) is 7.60. The molecular weight excluding hydrogens is 765 g/mol. The number of hydrogen-bond donors (Lipinski definition) is 7. The van der Waals surface area contributed by atoms with Crippen LogP contribution >= 0.6 is 11.3 Å². The minimum Gasteiger partial charge on any atom is -0.487 e. The van der Waals surface area contributed by atoms with Crippen molar-refractivity contribution in [2.45, 2.75) is 50.7 Å². The number of rotatable bonds is 16. The molecule has 22 nitrogen and oxygen atoms in total. The first-order valence-corrected chi connectivity index (χ1v) is 16.8. The van der Waals surface area contributed by atoms with Crippen LogP contribution in [0.15, 0.2) is 41.3 Å². The molecule has 290 valence electrons. The Bertz CT molecular complexity index is 1920. The van der Waals surface area contributed by atoms with E-state index in [0.717, 1.165) is 17.8 Å². The fourth-order valence-corrected chi connectivity index (χ4v) is 4.99. The first-order valence-electron chi connectivity index (χ1n) is 14.5. The average Bonchev–Trinajstić information content (AvgIpc) is 3.70. The van der Waals surface area contributed by atoms with Crippen molar-refractivity contribution in [2.24, 2.45) is 10.9 Å². The van der Waals surface area contributed by atoms with Crippen molar-refractivity contribution in [3.8, 4) is 5.75 Å². The third-order valence-electron chi connectivity index (χ3n) is 6.59. The number of nitrogens with zero attached hydrogens (tertiary/aromatic N) is 6. The summed E-state index contributed by atoms with van der Waals surface area (Å²) in [6.45, 7) is 3.34. The van der Waals surface area contributed by atoms with Gasteiger partial charge in [-0.25, -0.2) is 24.5 Å². The van der Waals surface area contributed by atoms with Gasteiger partial charge in [-0.05, 0) is 38.9 Å². The lowest BCUT2D eigenvalue weighted by atomic mass is 9.84. The number of alkyl halides is 3. The summed E-state index contributed by atoms with van der Waals surface area (Å²) in [5.41, 5.74) is 9.17. The SMILES string of the molecule is CC1(C)[C@H](NC(=O)/C(=N\O[C@@H](COc2ccc(Nc3nccn3CCCN)nc2)C(=O)O)c2csc(N)n2)C(=O)N1OS(=O)(=O)O.O=C(O)C(F)(F)F. The first-order chi connectivity index (χ1) is 24.6. The van der Waals surface area contributed by atoms with E-state index in [1.165, 1.54) is 31.5 Å². The summed E-state index contributed by atoms with van der Waals surface area (Å²) in [4.78, 5) is 64.0. The number of imidazole rings is 1. The van der Waals surface area contributed by atoms with Gasteiger partial charge in [0.05, 0.1) is 11.7 Å². The van der Waals surface area contributed by atoms with Crippen molar-refractivity contribution in [2.75, 3.05) is 24.2 Å². The van der Waals surface area contributed by atoms with Gasteiger partial charge < -0.3 is 46.5 Å². The molecule has 0 aliphatic carbocycles. The lowest BCUT2D eigenvalue weighted by Gasteiger charge is -2.50. The van der Waals surface area contributed by atoms with E-state index in [9.17, 15) is 41.1 Å². The number of nitrogen functional groups attached to an aromatic ring is 1. The van der Waals surface area contributed by atoms with Gasteiger partial charge in [0.2, 0.25) is 5.95 Å². The molecule has 0 saturated carbocycles. The Morgan fingerprint density at radius 1 is 1.21 bits per heavy atom. The second-order valence-electron chi connectivity index (χ2n) is 10.8. The molecule has 3 aromatic rings. The quantitative estimate of drug-likeness (QED) is 0.0438. The number of nitrogens with one attached hydrogen (secondary N) is 2.